The van der Waals surface area contributed by atoms with E-state index >= 15 is 0 Å². The molecule has 1 N–H and O–H groups in total. The molecule has 132 valence electrons. The lowest BCUT2D eigenvalue weighted by atomic mass is 10.2. The first-order chi connectivity index (χ1) is 12.5. The van der Waals surface area contributed by atoms with Gasteiger partial charge in [-0.3, -0.25) is 20.2 Å². The molecular formula is C16H11FN4O4S. The van der Waals surface area contributed by atoms with E-state index in [-0.39, 0.29) is 28.7 Å². The van der Waals surface area contributed by atoms with Gasteiger partial charge in [0.15, 0.2) is 16.6 Å². The first kappa shape index (κ1) is 17.4. The average molecular weight is 374 g/mol. The van der Waals surface area contributed by atoms with Gasteiger partial charge < -0.3 is 4.74 Å². The van der Waals surface area contributed by atoms with Crippen molar-refractivity contribution in [2.45, 2.75) is 6.61 Å². The van der Waals surface area contributed by atoms with Gasteiger partial charge in [0, 0.05) is 17.7 Å². The predicted molar refractivity (Wildman–Crippen MR) is 91.7 cm³/mol. The fraction of sp³-hybridized carbons (Fsp3) is 0.0625. The molecule has 26 heavy (non-hydrogen) atoms. The van der Waals surface area contributed by atoms with Crippen molar-refractivity contribution in [2.75, 3.05) is 5.32 Å². The molecule has 1 aromatic heterocycles. The Morgan fingerprint density at radius 3 is 2.81 bits per heavy atom. The lowest BCUT2D eigenvalue weighted by Gasteiger charge is -2.03. The van der Waals surface area contributed by atoms with Crippen molar-refractivity contribution < 1.29 is 18.8 Å². The predicted octanol–water partition coefficient (Wildman–Crippen LogP) is 3.42. The van der Waals surface area contributed by atoms with Gasteiger partial charge in [-0.15, -0.1) is 10.2 Å². The fourth-order valence-electron chi connectivity index (χ4n) is 1.99. The van der Waals surface area contributed by atoms with E-state index in [2.05, 4.69) is 15.5 Å². The van der Waals surface area contributed by atoms with Crippen molar-refractivity contribution in [1.82, 2.24) is 10.2 Å². The summed E-state index contributed by atoms with van der Waals surface area (Å²) < 4.78 is 18.8. The van der Waals surface area contributed by atoms with Crippen LogP contribution >= 0.6 is 11.3 Å². The highest BCUT2D eigenvalue weighted by Gasteiger charge is 2.14. The molecule has 0 saturated carbocycles. The van der Waals surface area contributed by atoms with E-state index in [0.717, 1.165) is 11.3 Å². The van der Waals surface area contributed by atoms with E-state index in [0.29, 0.717) is 5.01 Å². The normalized spacial score (nSPS) is 10.3. The van der Waals surface area contributed by atoms with Gasteiger partial charge in [-0.1, -0.05) is 29.5 Å². The number of hydrogen-bond donors (Lipinski definition) is 1. The molecular weight excluding hydrogens is 363 g/mol. The second-order valence-corrected chi connectivity index (χ2v) is 6.04. The second kappa shape index (κ2) is 7.66. The van der Waals surface area contributed by atoms with Crippen LogP contribution in [-0.2, 0) is 6.61 Å². The summed E-state index contributed by atoms with van der Waals surface area (Å²) in [7, 11) is 0. The summed E-state index contributed by atoms with van der Waals surface area (Å²) in [6.07, 6.45) is 0. The van der Waals surface area contributed by atoms with Crippen LogP contribution in [0.25, 0.3) is 0 Å². The van der Waals surface area contributed by atoms with Gasteiger partial charge in [-0.25, -0.2) is 4.39 Å². The lowest BCUT2D eigenvalue weighted by molar-refractivity contribution is -0.384. The molecule has 0 spiro atoms. The van der Waals surface area contributed by atoms with E-state index in [1.54, 1.807) is 12.1 Å². The Labute approximate surface area is 150 Å². The number of benzene rings is 2. The summed E-state index contributed by atoms with van der Waals surface area (Å²) in [6.45, 7) is -0.00865. The molecule has 10 heteroatoms. The minimum atomic E-state index is -0.583. The topological polar surface area (TPSA) is 107 Å². The highest BCUT2D eigenvalue weighted by atomic mass is 32.1. The number of hydrogen-bond acceptors (Lipinski definition) is 7. The average Bonchev–Trinajstić information content (AvgIpc) is 3.08. The van der Waals surface area contributed by atoms with Crippen LogP contribution in [-0.4, -0.2) is 21.0 Å². The number of nitrogens with zero attached hydrogens (tertiary/aromatic N) is 3. The molecule has 0 unspecified atom stereocenters. The Kier molecular flexibility index (Phi) is 5.13. The summed E-state index contributed by atoms with van der Waals surface area (Å²) >= 11 is 1.06. The van der Waals surface area contributed by atoms with Crippen LogP contribution in [0.1, 0.15) is 15.4 Å². The van der Waals surface area contributed by atoms with E-state index in [1.807, 2.05) is 0 Å². The summed E-state index contributed by atoms with van der Waals surface area (Å²) in [5.41, 5.74) is -0.0625. The van der Waals surface area contributed by atoms with Gasteiger partial charge >= 0.3 is 0 Å². The molecule has 3 rings (SSSR count). The number of nitrogens with one attached hydrogen (secondary N) is 1. The highest BCUT2D eigenvalue weighted by Crippen LogP contribution is 2.21. The third-order valence-corrected chi connectivity index (χ3v) is 4.01. The summed E-state index contributed by atoms with van der Waals surface area (Å²) in [4.78, 5) is 22.3. The minimum absolute atomic E-state index is 0.00865. The molecule has 0 fully saturated rings. The highest BCUT2D eigenvalue weighted by molar-refractivity contribution is 7.15. The molecule has 0 aliphatic carbocycles. The number of nitro benzene ring substituents is 1. The number of anilines is 1. The Hall–Kier alpha value is -3.40. The monoisotopic (exact) mass is 374 g/mol. The van der Waals surface area contributed by atoms with Crippen LogP contribution in [0.5, 0.6) is 5.75 Å². The second-order valence-electron chi connectivity index (χ2n) is 4.98. The Bertz CT molecular complexity index is 963. The third kappa shape index (κ3) is 4.16. The molecule has 8 nitrogen and oxygen atoms in total. The largest absolute Gasteiger partial charge is 0.483 e. The molecule has 0 aliphatic rings. The number of ether oxygens (including phenoxy) is 1. The van der Waals surface area contributed by atoms with Crippen LogP contribution in [0.15, 0.2) is 48.5 Å². The van der Waals surface area contributed by atoms with E-state index in [9.17, 15) is 19.3 Å². The number of rotatable bonds is 6. The molecule has 2 aromatic carbocycles. The fourth-order valence-corrected chi connectivity index (χ4v) is 2.64. The maximum absolute atomic E-state index is 13.5. The van der Waals surface area contributed by atoms with E-state index in [1.165, 1.54) is 36.4 Å². The van der Waals surface area contributed by atoms with Crippen molar-refractivity contribution in [3.8, 4) is 5.75 Å². The van der Waals surface area contributed by atoms with Crippen LogP contribution < -0.4 is 10.1 Å². The van der Waals surface area contributed by atoms with Crippen molar-refractivity contribution in [2.24, 2.45) is 0 Å². The number of aromatic nitrogens is 2. The molecule has 0 atom stereocenters. The SMILES string of the molecule is O=C(Nc1nnc(COc2ccccc2F)s1)c1cccc([N+](=O)[O-])c1. The van der Waals surface area contributed by atoms with E-state index in [4.69, 9.17) is 4.74 Å². The Morgan fingerprint density at radius 2 is 2.04 bits per heavy atom. The Morgan fingerprint density at radius 1 is 1.23 bits per heavy atom. The van der Waals surface area contributed by atoms with Crippen molar-refractivity contribution >= 4 is 28.1 Å². The molecule has 3 aromatic rings. The van der Waals surface area contributed by atoms with Gasteiger partial charge in [0.1, 0.15) is 6.61 Å². The number of para-hydroxylation sites is 1. The van der Waals surface area contributed by atoms with Gasteiger partial charge in [0.05, 0.1) is 4.92 Å². The van der Waals surface area contributed by atoms with Gasteiger partial charge in [-0.2, -0.15) is 0 Å². The zero-order valence-electron chi connectivity index (χ0n) is 13.1. The smallest absolute Gasteiger partial charge is 0.270 e. The molecule has 1 heterocycles. The number of non-ortho nitro benzene ring substituents is 1. The molecule has 0 bridgehead atoms. The molecule has 0 saturated heterocycles. The van der Waals surface area contributed by atoms with E-state index < -0.39 is 16.6 Å². The van der Waals surface area contributed by atoms with Gasteiger partial charge in [0.25, 0.3) is 11.6 Å². The standard InChI is InChI=1S/C16H11FN4O4S/c17-12-6-1-2-7-13(12)25-9-14-19-20-16(26-14)18-15(22)10-4-3-5-11(8-10)21(23)24/h1-8H,9H2,(H,18,20,22). The quantitative estimate of drug-likeness (QED) is 0.523. The molecule has 0 radical (unpaired) electrons. The zero-order valence-corrected chi connectivity index (χ0v) is 13.9. The lowest BCUT2D eigenvalue weighted by Crippen LogP contribution is -2.11. The number of nitro groups is 1. The number of amides is 1. The van der Waals surface area contributed by atoms with Crippen LogP contribution in [0, 0.1) is 15.9 Å². The van der Waals surface area contributed by atoms with Crippen molar-refractivity contribution in [1.29, 1.82) is 0 Å². The van der Waals surface area contributed by atoms with Crippen molar-refractivity contribution in [3.05, 3.63) is 75.0 Å². The van der Waals surface area contributed by atoms with Gasteiger partial charge in [0.2, 0.25) is 5.13 Å². The maximum atomic E-state index is 13.5. The summed E-state index contributed by atoms with van der Waals surface area (Å²) in [6, 6.07) is 11.3. The van der Waals surface area contributed by atoms with Crippen LogP contribution in [0.2, 0.25) is 0 Å². The molecule has 0 aliphatic heterocycles. The summed E-state index contributed by atoms with van der Waals surface area (Å²) in [5, 5.41) is 21.6. The number of halogens is 1. The van der Waals surface area contributed by atoms with Gasteiger partial charge in [-0.05, 0) is 18.2 Å². The zero-order chi connectivity index (χ0) is 18.5. The number of carbonyl (C=O) groups excluding carboxylic acids is 1. The third-order valence-electron chi connectivity index (χ3n) is 3.19. The summed E-state index contributed by atoms with van der Waals surface area (Å²) in [5.74, 6) is -0.951. The van der Waals surface area contributed by atoms with Crippen LogP contribution in [0.4, 0.5) is 15.2 Å². The number of carbonyl (C=O) groups is 1. The first-order valence-electron chi connectivity index (χ1n) is 7.28. The maximum Gasteiger partial charge on any atom is 0.270 e. The Balaban J connectivity index is 1.63. The minimum Gasteiger partial charge on any atom is -0.483 e. The van der Waals surface area contributed by atoms with Crippen molar-refractivity contribution in [3.63, 3.8) is 0 Å². The first-order valence-corrected chi connectivity index (χ1v) is 8.10. The molecule has 1 amide bonds. The van der Waals surface area contributed by atoms with Crippen LogP contribution in [0.3, 0.4) is 0 Å².